The molecule has 0 aliphatic carbocycles. The molecule has 0 bridgehead atoms. The number of aryl methyl sites for hydroxylation is 2. The third-order valence-corrected chi connectivity index (χ3v) is 3.89. The fourth-order valence-corrected chi connectivity index (χ4v) is 2.86. The molecule has 0 fully saturated rings. The van der Waals surface area contributed by atoms with E-state index >= 15 is 0 Å². The maximum atomic E-state index is 4.48. The van der Waals surface area contributed by atoms with Crippen molar-refractivity contribution in [3.8, 4) is 0 Å². The quantitative estimate of drug-likeness (QED) is 0.794. The molecule has 0 amide bonds. The Morgan fingerprint density at radius 1 is 1.32 bits per heavy atom. The predicted octanol–water partition coefficient (Wildman–Crippen LogP) is 2.63. The molecule has 3 aromatic rings. The van der Waals surface area contributed by atoms with Crippen molar-refractivity contribution in [3.05, 3.63) is 45.9 Å². The molecule has 3 aromatic heterocycles. The molecule has 0 aliphatic rings. The predicted molar refractivity (Wildman–Crippen MR) is 78.1 cm³/mol. The molecule has 0 unspecified atom stereocenters. The molecule has 19 heavy (non-hydrogen) atoms. The molecule has 1 N–H and O–H groups in total. The van der Waals surface area contributed by atoms with Crippen molar-refractivity contribution in [1.29, 1.82) is 0 Å². The SMILES string of the molecule is Cc1nn(C)c2ncc(CNCc3ccsc3)cc12. The minimum atomic E-state index is 0.827. The van der Waals surface area contributed by atoms with Gasteiger partial charge in [-0.25, -0.2) is 4.98 Å². The van der Waals surface area contributed by atoms with Gasteiger partial charge in [0, 0.05) is 31.7 Å². The Balaban J connectivity index is 1.73. The molecular weight excluding hydrogens is 256 g/mol. The highest BCUT2D eigenvalue weighted by Gasteiger charge is 2.06. The largest absolute Gasteiger partial charge is 0.309 e. The van der Waals surface area contributed by atoms with Crippen LogP contribution in [-0.2, 0) is 20.1 Å². The number of hydrogen-bond acceptors (Lipinski definition) is 4. The summed E-state index contributed by atoms with van der Waals surface area (Å²) in [5.41, 5.74) is 4.50. The average molecular weight is 272 g/mol. The van der Waals surface area contributed by atoms with Gasteiger partial charge in [0.1, 0.15) is 0 Å². The zero-order valence-corrected chi connectivity index (χ0v) is 11.9. The molecule has 0 aromatic carbocycles. The van der Waals surface area contributed by atoms with Gasteiger partial charge in [0.2, 0.25) is 0 Å². The van der Waals surface area contributed by atoms with Crippen molar-refractivity contribution < 1.29 is 0 Å². The summed E-state index contributed by atoms with van der Waals surface area (Å²) in [6.45, 7) is 3.74. The summed E-state index contributed by atoms with van der Waals surface area (Å²) in [7, 11) is 1.93. The summed E-state index contributed by atoms with van der Waals surface area (Å²) >= 11 is 1.73. The van der Waals surface area contributed by atoms with E-state index in [0.29, 0.717) is 0 Å². The van der Waals surface area contributed by atoms with Gasteiger partial charge in [-0.3, -0.25) is 4.68 Å². The van der Waals surface area contributed by atoms with Gasteiger partial charge in [-0.15, -0.1) is 0 Å². The highest BCUT2D eigenvalue weighted by molar-refractivity contribution is 7.07. The molecule has 0 radical (unpaired) electrons. The second-order valence-electron chi connectivity index (χ2n) is 4.66. The Labute approximate surface area is 116 Å². The number of aromatic nitrogens is 3. The minimum Gasteiger partial charge on any atom is -0.309 e. The zero-order chi connectivity index (χ0) is 13.2. The summed E-state index contributed by atoms with van der Waals surface area (Å²) in [6, 6.07) is 4.32. The van der Waals surface area contributed by atoms with E-state index in [4.69, 9.17) is 0 Å². The van der Waals surface area contributed by atoms with Crippen molar-refractivity contribution in [2.45, 2.75) is 20.0 Å². The van der Waals surface area contributed by atoms with E-state index in [0.717, 1.165) is 29.8 Å². The topological polar surface area (TPSA) is 42.7 Å². The lowest BCUT2D eigenvalue weighted by Crippen LogP contribution is -2.12. The molecule has 0 aliphatic heterocycles. The van der Waals surface area contributed by atoms with E-state index in [1.165, 1.54) is 11.1 Å². The molecule has 0 saturated carbocycles. The van der Waals surface area contributed by atoms with Gasteiger partial charge >= 0.3 is 0 Å². The first kappa shape index (κ1) is 12.3. The summed E-state index contributed by atoms with van der Waals surface area (Å²) in [4.78, 5) is 4.48. The number of thiophene rings is 1. The third kappa shape index (κ3) is 2.52. The first-order chi connectivity index (χ1) is 9.24. The maximum Gasteiger partial charge on any atom is 0.157 e. The Morgan fingerprint density at radius 2 is 2.16 bits per heavy atom. The molecule has 3 rings (SSSR count). The second kappa shape index (κ2) is 5.11. The van der Waals surface area contributed by atoms with Gasteiger partial charge in [-0.1, -0.05) is 0 Å². The number of pyridine rings is 1. The number of nitrogens with zero attached hydrogens (tertiary/aromatic N) is 3. The Morgan fingerprint density at radius 3 is 2.95 bits per heavy atom. The van der Waals surface area contributed by atoms with E-state index in [1.807, 2.05) is 24.9 Å². The van der Waals surface area contributed by atoms with Gasteiger partial charge in [0.25, 0.3) is 0 Å². The van der Waals surface area contributed by atoms with E-state index in [-0.39, 0.29) is 0 Å². The van der Waals surface area contributed by atoms with Gasteiger partial charge in [-0.2, -0.15) is 16.4 Å². The van der Waals surface area contributed by atoms with Gasteiger partial charge in [0.05, 0.1) is 5.69 Å². The van der Waals surface area contributed by atoms with Crippen LogP contribution in [0.15, 0.2) is 29.1 Å². The summed E-state index contributed by atoms with van der Waals surface area (Å²) in [5, 5.41) is 13.2. The normalized spacial score (nSPS) is 11.3. The maximum absolute atomic E-state index is 4.48. The van der Waals surface area contributed by atoms with Crippen molar-refractivity contribution in [2.24, 2.45) is 7.05 Å². The van der Waals surface area contributed by atoms with Crippen LogP contribution in [0.3, 0.4) is 0 Å². The molecule has 4 nitrogen and oxygen atoms in total. The van der Waals surface area contributed by atoms with Crippen molar-refractivity contribution in [2.75, 3.05) is 0 Å². The van der Waals surface area contributed by atoms with Crippen LogP contribution < -0.4 is 5.32 Å². The monoisotopic (exact) mass is 272 g/mol. The number of nitrogens with one attached hydrogen (secondary N) is 1. The molecule has 0 atom stereocenters. The Hall–Kier alpha value is -1.72. The first-order valence-electron chi connectivity index (χ1n) is 6.24. The number of hydrogen-bond donors (Lipinski definition) is 1. The van der Waals surface area contributed by atoms with Gasteiger partial charge in [0.15, 0.2) is 5.65 Å². The summed E-state index contributed by atoms with van der Waals surface area (Å²) < 4.78 is 1.83. The van der Waals surface area contributed by atoms with Crippen LogP contribution in [0.25, 0.3) is 11.0 Å². The van der Waals surface area contributed by atoms with Crippen LogP contribution in [0.4, 0.5) is 0 Å². The first-order valence-corrected chi connectivity index (χ1v) is 7.18. The van der Waals surface area contributed by atoms with Gasteiger partial charge in [-0.05, 0) is 40.9 Å². The molecule has 0 saturated heterocycles. The highest BCUT2D eigenvalue weighted by Crippen LogP contribution is 2.16. The van der Waals surface area contributed by atoms with Crippen LogP contribution in [0.1, 0.15) is 16.8 Å². The summed E-state index contributed by atoms with van der Waals surface area (Å²) in [6.07, 6.45) is 1.92. The molecule has 98 valence electrons. The zero-order valence-electron chi connectivity index (χ0n) is 11.1. The van der Waals surface area contributed by atoms with E-state index in [9.17, 15) is 0 Å². The van der Waals surface area contributed by atoms with E-state index in [2.05, 4.69) is 38.3 Å². The molecule has 3 heterocycles. The lowest BCUT2D eigenvalue weighted by atomic mass is 10.2. The Bertz CT molecular complexity index is 685. The van der Waals surface area contributed by atoms with Crippen molar-refractivity contribution in [1.82, 2.24) is 20.1 Å². The second-order valence-corrected chi connectivity index (χ2v) is 5.44. The third-order valence-electron chi connectivity index (χ3n) is 3.16. The smallest absolute Gasteiger partial charge is 0.157 e. The fraction of sp³-hybridized carbons (Fsp3) is 0.286. The van der Waals surface area contributed by atoms with Crippen LogP contribution in [-0.4, -0.2) is 14.8 Å². The average Bonchev–Trinajstić information content (AvgIpc) is 3.00. The van der Waals surface area contributed by atoms with Crippen LogP contribution in [0, 0.1) is 6.92 Å². The lowest BCUT2D eigenvalue weighted by Gasteiger charge is -2.04. The van der Waals surface area contributed by atoms with Crippen LogP contribution >= 0.6 is 11.3 Å². The fourth-order valence-electron chi connectivity index (χ4n) is 2.19. The Kier molecular flexibility index (Phi) is 3.31. The molecule has 0 spiro atoms. The van der Waals surface area contributed by atoms with Gasteiger partial charge < -0.3 is 5.32 Å². The lowest BCUT2D eigenvalue weighted by molar-refractivity contribution is 0.693. The van der Waals surface area contributed by atoms with E-state index < -0.39 is 0 Å². The van der Waals surface area contributed by atoms with Crippen LogP contribution in [0.5, 0.6) is 0 Å². The minimum absolute atomic E-state index is 0.827. The molecular formula is C14H16N4S. The number of rotatable bonds is 4. The summed E-state index contributed by atoms with van der Waals surface area (Å²) in [5.74, 6) is 0. The van der Waals surface area contributed by atoms with Crippen molar-refractivity contribution >= 4 is 22.4 Å². The van der Waals surface area contributed by atoms with Crippen LogP contribution in [0.2, 0.25) is 0 Å². The number of fused-ring (bicyclic) bond motifs is 1. The van der Waals surface area contributed by atoms with Crippen molar-refractivity contribution in [3.63, 3.8) is 0 Å². The highest BCUT2D eigenvalue weighted by atomic mass is 32.1. The molecule has 5 heteroatoms. The standard InChI is InChI=1S/C14H16N4S/c1-10-13-5-12(8-16-14(13)18(2)17-10)7-15-6-11-3-4-19-9-11/h3-5,8-9,15H,6-7H2,1-2H3. The van der Waals surface area contributed by atoms with E-state index in [1.54, 1.807) is 11.3 Å².